The maximum atomic E-state index is 12.5. The van der Waals surface area contributed by atoms with Crippen molar-refractivity contribution < 1.29 is 4.79 Å². The van der Waals surface area contributed by atoms with Gasteiger partial charge in [-0.1, -0.05) is 25.4 Å². The van der Waals surface area contributed by atoms with Crippen LogP contribution in [0.2, 0.25) is 5.02 Å². The smallest absolute Gasteiger partial charge is 0.253 e. The number of nitrogens with one attached hydrogen (secondary N) is 2. The maximum Gasteiger partial charge on any atom is 0.253 e. The molecule has 2 aromatic rings. The molecule has 2 heterocycles. The van der Waals surface area contributed by atoms with Gasteiger partial charge in [-0.15, -0.1) is 0 Å². The number of carbonyl (C=O) groups is 1. The van der Waals surface area contributed by atoms with Crippen molar-refractivity contribution in [2.75, 3.05) is 26.2 Å². The quantitative estimate of drug-likeness (QED) is 0.871. The molecule has 2 N–H and O–H groups in total. The summed E-state index contributed by atoms with van der Waals surface area (Å²) in [6, 6.07) is 3.47. The van der Waals surface area contributed by atoms with E-state index in [1.54, 1.807) is 18.5 Å². The number of fused-ring (bicyclic) bond motifs is 1. The molecule has 3 rings (SSSR count). The molecule has 1 aromatic heterocycles. The van der Waals surface area contributed by atoms with Crippen LogP contribution in [-0.2, 0) is 0 Å². The predicted molar refractivity (Wildman–Crippen MR) is 97.4 cm³/mol. The molecule has 0 spiro atoms. The standard InChI is InChI=1S/C18H25ClN4O/c1-12(2)10-23-5-3-13(4-6-23)9-20-18(24)15-7-14(19)8-16-17(15)22-11-21-16/h7-8,11-13H,3-6,9-10H2,1-2H3,(H,20,24)(H,21,22). The number of hydrogen-bond donors (Lipinski definition) is 2. The van der Waals surface area contributed by atoms with Gasteiger partial charge in [-0.3, -0.25) is 4.79 Å². The van der Waals surface area contributed by atoms with Crippen molar-refractivity contribution in [1.82, 2.24) is 20.2 Å². The van der Waals surface area contributed by atoms with Gasteiger partial charge < -0.3 is 15.2 Å². The zero-order chi connectivity index (χ0) is 17.1. The molecule has 0 bridgehead atoms. The second kappa shape index (κ2) is 7.53. The molecule has 1 amide bonds. The summed E-state index contributed by atoms with van der Waals surface area (Å²) in [5, 5.41) is 3.60. The highest BCUT2D eigenvalue weighted by atomic mass is 35.5. The van der Waals surface area contributed by atoms with Crippen molar-refractivity contribution in [2.45, 2.75) is 26.7 Å². The third kappa shape index (κ3) is 4.08. The van der Waals surface area contributed by atoms with Crippen LogP contribution >= 0.6 is 11.6 Å². The second-order valence-electron chi connectivity index (χ2n) is 7.10. The van der Waals surface area contributed by atoms with Gasteiger partial charge in [0, 0.05) is 18.1 Å². The zero-order valence-corrected chi connectivity index (χ0v) is 15.1. The molecule has 0 saturated carbocycles. The van der Waals surface area contributed by atoms with Crippen LogP contribution in [0.25, 0.3) is 11.0 Å². The molecule has 0 aliphatic carbocycles. The van der Waals surface area contributed by atoms with Crippen LogP contribution in [0.3, 0.4) is 0 Å². The molecule has 1 aliphatic heterocycles. The SMILES string of the molecule is CC(C)CN1CCC(CNC(=O)c2cc(Cl)cc3[nH]cnc23)CC1. The molecule has 0 radical (unpaired) electrons. The fourth-order valence-electron chi connectivity index (χ4n) is 3.41. The highest BCUT2D eigenvalue weighted by Crippen LogP contribution is 2.22. The number of nitrogens with zero attached hydrogens (tertiary/aromatic N) is 2. The Kier molecular flexibility index (Phi) is 5.41. The first-order valence-electron chi connectivity index (χ1n) is 8.66. The number of rotatable bonds is 5. The highest BCUT2D eigenvalue weighted by molar-refractivity contribution is 6.32. The van der Waals surface area contributed by atoms with Gasteiger partial charge in [0.05, 0.1) is 17.4 Å². The molecule has 1 aliphatic rings. The maximum absolute atomic E-state index is 12.5. The minimum Gasteiger partial charge on any atom is -0.352 e. The minimum atomic E-state index is -0.0980. The first kappa shape index (κ1) is 17.2. The molecular weight excluding hydrogens is 324 g/mol. The Balaban J connectivity index is 1.55. The molecule has 6 heteroatoms. The fraction of sp³-hybridized carbons (Fsp3) is 0.556. The van der Waals surface area contributed by atoms with Crippen LogP contribution in [0.1, 0.15) is 37.0 Å². The van der Waals surface area contributed by atoms with Gasteiger partial charge >= 0.3 is 0 Å². The number of H-pyrrole nitrogens is 1. The number of aromatic amines is 1. The first-order chi connectivity index (χ1) is 11.5. The third-order valence-electron chi connectivity index (χ3n) is 4.61. The topological polar surface area (TPSA) is 61.0 Å². The summed E-state index contributed by atoms with van der Waals surface area (Å²) >= 11 is 6.10. The number of amides is 1. The molecule has 1 aromatic carbocycles. The van der Waals surface area contributed by atoms with Crippen molar-refractivity contribution in [3.63, 3.8) is 0 Å². The molecule has 0 unspecified atom stereocenters. The first-order valence-corrected chi connectivity index (χ1v) is 9.04. The van der Waals surface area contributed by atoms with Crippen molar-refractivity contribution in [3.8, 4) is 0 Å². The van der Waals surface area contributed by atoms with Crippen molar-refractivity contribution in [2.24, 2.45) is 11.8 Å². The summed E-state index contributed by atoms with van der Waals surface area (Å²) in [5.74, 6) is 1.16. The second-order valence-corrected chi connectivity index (χ2v) is 7.54. The number of imidazole rings is 1. The third-order valence-corrected chi connectivity index (χ3v) is 4.83. The van der Waals surface area contributed by atoms with Gasteiger partial charge in [0.1, 0.15) is 5.52 Å². The lowest BCUT2D eigenvalue weighted by atomic mass is 9.96. The largest absolute Gasteiger partial charge is 0.352 e. The molecule has 24 heavy (non-hydrogen) atoms. The van der Waals surface area contributed by atoms with Crippen LogP contribution in [0.5, 0.6) is 0 Å². The van der Waals surface area contributed by atoms with E-state index in [1.807, 2.05) is 0 Å². The summed E-state index contributed by atoms with van der Waals surface area (Å²) in [6.07, 6.45) is 3.86. The molecule has 1 fully saturated rings. The Morgan fingerprint density at radius 2 is 2.17 bits per heavy atom. The molecule has 1 saturated heterocycles. The van der Waals surface area contributed by atoms with Gasteiger partial charge in [0.25, 0.3) is 5.91 Å². The number of hydrogen-bond acceptors (Lipinski definition) is 3. The zero-order valence-electron chi connectivity index (χ0n) is 14.3. The number of benzene rings is 1. The van der Waals surface area contributed by atoms with Crippen molar-refractivity contribution >= 4 is 28.5 Å². The lowest BCUT2D eigenvalue weighted by Gasteiger charge is -2.33. The molecule has 0 atom stereocenters. The van der Waals surface area contributed by atoms with E-state index >= 15 is 0 Å². The summed E-state index contributed by atoms with van der Waals surface area (Å²) in [4.78, 5) is 22.3. The molecular formula is C18H25ClN4O. The normalized spacial score (nSPS) is 16.8. The van der Waals surface area contributed by atoms with Crippen LogP contribution < -0.4 is 5.32 Å². The van der Waals surface area contributed by atoms with Crippen LogP contribution in [0, 0.1) is 11.8 Å². The number of carbonyl (C=O) groups excluding carboxylic acids is 1. The van der Waals surface area contributed by atoms with E-state index in [4.69, 9.17) is 11.6 Å². The summed E-state index contributed by atoms with van der Waals surface area (Å²) in [7, 11) is 0. The fourth-order valence-corrected chi connectivity index (χ4v) is 3.63. The van der Waals surface area contributed by atoms with Gasteiger partial charge in [-0.25, -0.2) is 4.98 Å². The van der Waals surface area contributed by atoms with Gasteiger partial charge in [-0.2, -0.15) is 0 Å². The van der Waals surface area contributed by atoms with Crippen molar-refractivity contribution in [1.29, 1.82) is 0 Å². The predicted octanol–water partition coefficient (Wildman–Crippen LogP) is 3.31. The Labute approximate surface area is 147 Å². The van der Waals surface area contributed by atoms with E-state index in [0.717, 1.165) is 31.4 Å². The Morgan fingerprint density at radius 1 is 1.42 bits per heavy atom. The monoisotopic (exact) mass is 348 g/mol. The molecule has 130 valence electrons. The van der Waals surface area contributed by atoms with Gasteiger partial charge in [-0.05, 0) is 49.9 Å². The van der Waals surface area contributed by atoms with Crippen LogP contribution in [-0.4, -0.2) is 47.0 Å². The number of aromatic nitrogens is 2. The highest BCUT2D eigenvalue weighted by Gasteiger charge is 2.21. The molecule has 5 nitrogen and oxygen atoms in total. The lowest BCUT2D eigenvalue weighted by molar-refractivity contribution is 0.0936. The Hall–Kier alpha value is -1.59. The summed E-state index contributed by atoms with van der Waals surface area (Å²) < 4.78 is 0. The number of halogens is 1. The van der Waals surface area contributed by atoms with E-state index in [9.17, 15) is 4.79 Å². The van der Waals surface area contributed by atoms with E-state index in [1.165, 1.54) is 6.54 Å². The number of piperidine rings is 1. The summed E-state index contributed by atoms with van der Waals surface area (Å²) in [5.41, 5.74) is 1.99. The van der Waals surface area contributed by atoms with Crippen LogP contribution in [0.15, 0.2) is 18.5 Å². The van der Waals surface area contributed by atoms with E-state index in [0.29, 0.717) is 34.5 Å². The van der Waals surface area contributed by atoms with Gasteiger partial charge in [0.15, 0.2) is 0 Å². The number of likely N-dealkylation sites (tertiary alicyclic amines) is 1. The van der Waals surface area contributed by atoms with Crippen LogP contribution in [0.4, 0.5) is 0 Å². The average Bonchev–Trinajstić information content (AvgIpc) is 3.00. The Bertz CT molecular complexity index is 704. The van der Waals surface area contributed by atoms with Gasteiger partial charge in [0.2, 0.25) is 0 Å². The average molecular weight is 349 g/mol. The van der Waals surface area contributed by atoms with E-state index < -0.39 is 0 Å². The van der Waals surface area contributed by atoms with E-state index in [-0.39, 0.29) is 5.91 Å². The van der Waals surface area contributed by atoms with E-state index in [2.05, 4.69) is 34.0 Å². The van der Waals surface area contributed by atoms with Crippen molar-refractivity contribution in [3.05, 3.63) is 29.0 Å². The lowest BCUT2D eigenvalue weighted by Crippen LogP contribution is -2.40. The summed E-state index contributed by atoms with van der Waals surface area (Å²) in [6.45, 7) is 8.64. The Morgan fingerprint density at radius 3 is 2.88 bits per heavy atom. The minimum absolute atomic E-state index is 0.0980.